The first-order valence-corrected chi connectivity index (χ1v) is 10.2. The van der Waals surface area contributed by atoms with E-state index in [0.29, 0.717) is 27.6 Å². The highest BCUT2D eigenvalue weighted by Gasteiger charge is 2.33. The van der Waals surface area contributed by atoms with Crippen LogP contribution in [0.3, 0.4) is 0 Å². The minimum Gasteiger partial charge on any atom is -0.349 e. The fraction of sp³-hybridized carbons (Fsp3) is 0.429. The number of aryl methyl sites for hydroxylation is 1. The third-order valence-corrected chi connectivity index (χ3v) is 5.93. The number of carbonyl (C=O) groups is 2. The van der Waals surface area contributed by atoms with Crippen molar-refractivity contribution in [3.63, 3.8) is 0 Å². The summed E-state index contributed by atoms with van der Waals surface area (Å²) in [6.07, 6.45) is -0.258. The van der Waals surface area contributed by atoms with Crippen LogP contribution in [-0.4, -0.2) is 36.7 Å². The zero-order valence-electron chi connectivity index (χ0n) is 17.1. The van der Waals surface area contributed by atoms with Crippen molar-refractivity contribution in [1.29, 1.82) is 0 Å². The molecule has 1 aromatic heterocycles. The van der Waals surface area contributed by atoms with Gasteiger partial charge in [-0.05, 0) is 57.9 Å². The molecular weight excluding hydrogens is 395 g/mol. The molecule has 0 radical (unpaired) electrons. The Morgan fingerprint density at radius 3 is 2.62 bits per heavy atom. The molecular formula is C21H25FN2O4S. The van der Waals surface area contributed by atoms with Gasteiger partial charge in [0.1, 0.15) is 16.9 Å². The highest BCUT2D eigenvalue weighted by Crippen LogP contribution is 2.36. The van der Waals surface area contributed by atoms with Gasteiger partial charge in [0.15, 0.2) is 11.6 Å². The molecule has 0 saturated carbocycles. The van der Waals surface area contributed by atoms with Crippen molar-refractivity contribution >= 4 is 33.7 Å². The number of ketones is 1. The van der Waals surface area contributed by atoms with Gasteiger partial charge in [-0.3, -0.25) is 9.59 Å². The van der Waals surface area contributed by atoms with E-state index < -0.39 is 11.6 Å². The second kappa shape index (κ2) is 8.22. The lowest BCUT2D eigenvalue weighted by atomic mass is 10.1. The van der Waals surface area contributed by atoms with Crippen LogP contribution < -0.4 is 10.6 Å². The Kier molecular flexibility index (Phi) is 6.07. The number of nitrogens with one attached hydrogen (secondary N) is 2. The summed E-state index contributed by atoms with van der Waals surface area (Å²) in [5.41, 5.74) is 1.94. The fourth-order valence-electron chi connectivity index (χ4n) is 3.21. The molecule has 1 saturated heterocycles. The van der Waals surface area contributed by atoms with Gasteiger partial charge in [-0.1, -0.05) is 6.07 Å². The van der Waals surface area contributed by atoms with Gasteiger partial charge in [0.2, 0.25) is 0 Å². The minimum absolute atomic E-state index is 0.145. The summed E-state index contributed by atoms with van der Waals surface area (Å²) in [7, 11) is 0. The van der Waals surface area contributed by atoms with Crippen LogP contribution in [0.4, 0.5) is 15.1 Å². The van der Waals surface area contributed by atoms with Gasteiger partial charge in [-0.2, -0.15) is 0 Å². The van der Waals surface area contributed by atoms with E-state index in [-0.39, 0.29) is 30.0 Å². The van der Waals surface area contributed by atoms with Crippen LogP contribution in [0.2, 0.25) is 0 Å². The number of Topliss-reactive ketones (excluding diaryl/α,β-unsaturated/α-hetero) is 1. The number of ether oxygens (including phenoxy) is 2. The van der Waals surface area contributed by atoms with Crippen LogP contribution >= 0.6 is 11.3 Å². The van der Waals surface area contributed by atoms with E-state index in [1.807, 2.05) is 13.8 Å². The topological polar surface area (TPSA) is 76.7 Å². The molecule has 6 nitrogen and oxygen atoms in total. The minimum atomic E-state index is -0.675. The molecule has 0 aliphatic carbocycles. The number of halogens is 1. The Bertz CT molecular complexity index is 954. The second-order valence-corrected chi connectivity index (χ2v) is 8.61. The predicted molar refractivity (Wildman–Crippen MR) is 111 cm³/mol. The molecule has 0 bridgehead atoms. The van der Waals surface area contributed by atoms with Gasteiger partial charge in [0.05, 0.1) is 22.7 Å². The normalized spacial score (nSPS) is 17.9. The van der Waals surface area contributed by atoms with E-state index in [2.05, 4.69) is 10.6 Å². The molecule has 29 heavy (non-hydrogen) atoms. The van der Waals surface area contributed by atoms with E-state index in [0.717, 1.165) is 16.9 Å². The second-order valence-electron chi connectivity index (χ2n) is 7.59. The van der Waals surface area contributed by atoms with E-state index in [9.17, 15) is 14.0 Å². The molecule has 1 aliphatic rings. The molecule has 0 unspecified atom stereocenters. The van der Waals surface area contributed by atoms with Crippen LogP contribution in [0.1, 0.15) is 51.9 Å². The van der Waals surface area contributed by atoms with Crippen molar-refractivity contribution in [1.82, 2.24) is 5.32 Å². The SMILES string of the molecule is CC(=O)c1sc(Nc2ccc(C)cc2F)c(C(=O)NC[C@@H]2COC(C)(C)O2)c1C. The molecule has 2 aromatic rings. The third-order valence-electron chi connectivity index (χ3n) is 4.62. The molecule has 1 atom stereocenters. The highest BCUT2D eigenvalue weighted by atomic mass is 32.1. The zero-order chi connectivity index (χ0) is 21.3. The van der Waals surface area contributed by atoms with Gasteiger partial charge in [0, 0.05) is 6.54 Å². The fourth-order valence-corrected chi connectivity index (χ4v) is 4.33. The van der Waals surface area contributed by atoms with Crippen LogP contribution in [0, 0.1) is 19.7 Å². The Morgan fingerprint density at radius 2 is 2.03 bits per heavy atom. The summed E-state index contributed by atoms with van der Waals surface area (Å²) in [5, 5.41) is 6.25. The average molecular weight is 421 g/mol. The largest absolute Gasteiger partial charge is 0.349 e. The number of rotatable bonds is 6. The predicted octanol–water partition coefficient (Wildman–Crippen LogP) is 4.33. The van der Waals surface area contributed by atoms with Crippen LogP contribution in [0.25, 0.3) is 0 Å². The first kappa shape index (κ1) is 21.4. The summed E-state index contributed by atoms with van der Waals surface area (Å²) in [6, 6.07) is 4.80. The van der Waals surface area contributed by atoms with E-state index >= 15 is 0 Å². The van der Waals surface area contributed by atoms with Crippen molar-refractivity contribution in [2.24, 2.45) is 0 Å². The lowest BCUT2D eigenvalue weighted by Crippen LogP contribution is -2.34. The molecule has 0 spiro atoms. The van der Waals surface area contributed by atoms with E-state index in [1.54, 1.807) is 26.0 Å². The van der Waals surface area contributed by atoms with Crippen molar-refractivity contribution in [2.75, 3.05) is 18.5 Å². The smallest absolute Gasteiger partial charge is 0.254 e. The van der Waals surface area contributed by atoms with Crippen molar-refractivity contribution in [3.05, 3.63) is 45.6 Å². The van der Waals surface area contributed by atoms with Crippen LogP contribution in [-0.2, 0) is 9.47 Å². The molecule has 2 N–H and O–H groups in total. The zero-order valence-corrected chi connectivity index (χ0v) is 18.0. The number of amides is 1. The number of thiophene rings is 1. The average Bonchev–Trinajstić information content (AvgIpc) is 3.14. The Morgan fingerprint density at radius 1 is 1.31 bits per heavy atom. The number of hydrogen-bond donors (Lipinski definition) is 2. The van der Waals surface area contributed by atoms with Gasteiger partial charge in [0.25, 0.3) is 5.91 Å². The summed E-state index contributed by atoms with van der Waals surface area (Å²) in [6.45, 7) is 9.24. The number of benzene rings is 1. The number of anilines is 2. The lowest BCUT2D eigenvalue weighted by molar-refractivity contribution is -0.137. The molecule has 1 aromatic carbocycles. The molecule has 1 fully saturated rings. The maximum Gasteiger partial charge on any atom is 0.254 e. The Balaban J connectivity index is 1.84. The third kappa shape index (κ3) is 4.83. The standard InChI is InChI=1S/C21H25FN2O4S/c1-11-6-7-16(15(22)8-11)24-20-17(12(2)18(29-20)13(3)25)19(26)23-9-14-10-27-21(4,5)28-14/h6-8,14,24H,9-10H2,1-5H3,(H,23,26)/t14-/m1/s1. The van der Waals surface area contributed by atoms with Crippen molar-refractivity contribution in [3.8, 4) is 0 Å². The molecule has 3 rings (SSSR count). The molecule has 1 amide bonds. The van der Waals surface area contributed by atoms with Crippen LogP contribution in [0.5, 0.6) is 0 Å². The summed E-state index contributed by atoms with van der Waals surface area (Å²) >= 11 is 1.14. The summed E-state index contributed by atoms with van der Waals surface area (Å²) in [5.74, 6) is -1.60. The Labute approximate surface area is 173 Å². The van der Waals surface area contributed by atoms with Crippen molar-refractivity contribution in [2.45, 2.75) is 46.5 Å². The maximum absolute atomic E-state index is 14.3. The van der Waals surface area contributed by atoms with E-state index in [4.69, 9.17) is 9.47 Å². The monoisotopic (exact) mass is 420 g/mol. The summed E-state index contributed by atoms with van der Waals surface area (Å²) < 4.78 is 25.5. The molecule has 1 aliphatic heterocycles. The van der Waals surface area contributed by atoms with Gasteiger partial charge < -0.3 is 20.1 Å². The number of hydrogen-bond acceptors (Lipinski definition) is 6. The molecule has 8 heteroatoms. The Hall–Kier alpha value is -2.29. The quantitative estimate of drug-likeness (QED) is 0.680. The maximum atomic E-state index is 14.3. The van der Waals surface area contributed by atoms with Crippen molar-refractivity contribution < 1.29 is 23.5 Å². The first-order valence-electron chi connectivity index (χ1n) is 9.35. The van der Waals surface area contributed by atoms with Gasteiger partial charge in [-0.15, -0.1) is 11.3 Å². The number of carbonyl (C=O) groups excluding carboxylic acids is 2. The summed E-state index contributed by atoms with van der Waals surface area (Å²) in [4.78, 5) is 25.4. The lowest BCUT2D eigenvalue weighted by Gasteiger charge is -2.17. The van der Waals surface area contributed by atoms with Crippen LogP contribution in [0.15, 0.2) is 18.2 Å². The molecule has 156 valence electrons. The van der Waals surface area contributed by atoms with E-state index in [1.165, 1.54) is 13.0 Å². The van der Waals surface area contributed by atoms with Gasteiger partial charge >= 0.3 is 0 Å². The highest BCUT2D eigenvalue weighted by molar-refractivity contribution is 7.18. The first-order chi connectivity index (χ1) is 13.6. The van der Waals surface area contributed by atoms with Gasteiger partial charge in [-0.25, -0.2) is 4.39 Å². The molecule has 2 heterocycles.